The van der Waals surface area contributed by atoms with Gasteiger partial charge < -0.3 is 10.5 Å². The molecule has 1 aromatic rings. The van der Waals surface area contributed by atoms with E-state index in [2.05, 4.69) is 5.10 Å². The summed E-state index contributed by atoms with van der Waals surface area (Å²) in [6.07, 6.45) is 1.73. The average Bonchev–Trinajstić information content (AvgIpc) is 2.20. The van der Waals surface area contributed by atoms with Gasteiger partial charge in [-0.05, 0) is 19.8 Å². The lowest BCUT2D eigenvalue weighted by atomic mass is 10.2. The predicted octanol–water partition coefficient (Wildman–Crippen LogP) is 0.379. The first kappa shape index (κ1) is 11.7. The van der Waals surface area contributed by atoms with Gasteiger partial charge in [-0.15, -0.1) is 5.10 Å². The summed E-state index contributed by atoms with van der Waals surface area (Å²) in [5.74, 6) is 0.454. The summed E-state index contributed by atoms with van der Waals surface area (Å²) >= 11 is 0. The molecule has 5 nitrogen and oxygen atoms in total. The number of hydrogen-bond acceptors (Lipinski definition) is 4. The van der Waals surface area contributed by atoms with E-state index in [0.29, 0.717) is 12.4 Å². The summed E-state index contributed by atoms with van der Waals surface area (Å²) in [5, 5.41) is 4.03. The Morgan fingerprint density at radius 1 is 1.60 bits per heavy atom. The molecular weight excluding hydrogens is 194 g/mol. The molecule has 1 rings (SSSR count). The van der Waals surface area contributed by atoms with E-state index in [4.69, 9.17) is 10.5 Å². The van der Waals surface area contributed by atoms with Gasteiger partial charge in [0.25, 0.3) is 5.56 Å². The zero-order chi connectivity index (χ0) is 11.3. The topological polar surface area (TPSA) is 70.1 Å². The van der Waals surface area contributed by atoms with Crippen LogP contribution in [-0.2, 0) is 6.54 Å². The number of hydrogen-bond donors (Lipinski definition) is 1. The monoisotopic (exact) mass is 211 g/mol. The van der Waals surface area contributed by atoms with Gasteiger partial charge >= 0.3 is 0 Å². The Morgan fingerprint density at radius 2 is 2.33 bits per heavy atom. The Morgan fingerprint density at radius 3 is 2.93 bits per heavy atom. The average molecular weight is 211 g/mol. The lowest BCUT2D eigenvalue weighted by Gasteiger charge is -2.07. The van der Waals surface area contributed by atoms with Crippen molar-refractivity contribution in [2.24, 2.45) is 5.73 Å². The summed E-state index contributed by atoms with van der Waals surface area (Å²) in [6.45, 7) is 2.53. The second-order valence-corrected chi connectivity index (χ2v) is 3.56. The molecule has 0 amide bonds. The molecule has 1 heterocycles. The van der Waals surface area contributed by atoms with Crippen molar-refractivity contribution in [3.63, 3.8) is 0 Å². The van der Waals surface area contributed by atoms with Crippen molar-refractivity contribution in [3.05, 3.63) is 22.5 Å². The quantitative estimate of drug-likeness (QED) is 0.764. The molecule has 0 spiro atoms. The molecule has 0 aliphatic heterocycles. The zero-order valence-electron chi connectivity index (χ0n) is 9.14. The van der Waals surface area contributed by atoms with Crippen molar-refractivity contribution >= 4 is 0 Å². The number of ether oxygens (including phenoxy) is 1. The summed E-state index contributed by atoms with van der Waals surface area (Å²) in [5.41, 5.74) is 5.51. The van der Waals surface area contributed by atoms with E-state index >= 15 is 0 Å². The van der Waals surface area contributed by atoms with Gasteiger partial charge in [0, 0.05) is 24.7 Å². The molecule has 0 aliphatic carbocycles. The highest BCUT2D eigenvalue weighted by Gasteiger charge is 2.01. The smallest absolute Gasteiger partial charge is 0.266 e. The van der Waals surface area contributed by atoms with Crippen LogP contribution in [0.3, 0.4) is 0 Å². The van der Waals surface area contributed by atoms with E-state index in [-0.39, 0.29) is 11.6 Å². The summed E-state index contributed by atoms with van der Waals surface area (Å²) in [7, 11) is 1.53. The first-order chi connectivity index (χ1) is 7.13. The van der Waals surface area contributed by atoms with Crippen LogP contribution >= 0.6 is 0 Å². The van der Waals surface area contributed by atoms with Crippen molar-refractivity contribution in [1.82, 2.24) is 9.78 Å². The van der Waals surface area contributed by atoms with E-state index in [9.17, 15) is 4.79 Å². The van der Waals surface area contributed by atoms with Crippen LogP contribution in [0.2, 0.25) is 0 Å². The summed E-state index contributed by atoms with van der Waals surface area (Å²) in [4.78, 5) is 11.4. The van der Waals surface area contributed by atoms with Gasteiger partial charge in [-0.3, -0.25) is 4.79 Å². The Kier molecular flexibility index (Phi) is 4.30. The second-order valence-electron chi connectivity index (χ2n) is 3.56. The molecule has 1 aromatic heterocycles. The number of nitrogens with zero attached hydrogens (tertiary/aromatic N) is 2. The fraction of sp³-hybridized carbons (Fsp3) is 0.600. The normalized spacial score (nSPS) is 12.5. The number of aryl methyl sites for hydroxylation is 1. The molecular formula is C10H17N3O2. The molecule has 0 fully saturated rings. The van der Waals surface area contributed by atoms with E-state index in [1.807, 2.05) is 6.92 Å². The lowest BCUT2D eigenvalue weighted by molar-refractivity contribution is 0.372. The van der Waals surface area contributed by atoms with Crippen molar-refractivity contribution in [2.75, 3.05) is 7.11 Å². The molecule has 5 heteroatoms. The molecule has 1 atom stereocenters. The molecule has 15 heavy (non-hydrogen) atoms. The van der Waals surface area contributed by atoms with Crippen molar-refractivity contribution in [3.8, 4) is 5.88 Å². The van der Waals surface area contributed by atoms with E-state index in [1.54, 1.807) is 6.07 Å². The van der Waals surface area contributed by atoms with Crippen LogP contribution < -0.4 is 16.0 Å². The number of nitrogens with two attached hydrogens (primary N) is 1. The largest absolute Gasteiger partial charge is 0.480 e. The maximum Gasteiger partial charge on any atom is 0.266 e. The Bertz CT molecular complexity index is 360. The predicted molar refractivity (Wildman–Crippen MR) is 57.9 cm³/mol. The van der Waals surface area contributed by atoms with Crippen LogP contribution in [0.1, 0.15) is 19.8 Å². The van der Waals surface area contributed by atoms with Crippen molar-refractivity contribution in [2.45, 2.75) is 32.4 Å². The van der Waals surface area contributed by atoms with Crippen LogP contribution in [-0.4, -0.2) is 22.9 Å². The van der Waals surface area contributed by atoms with Crippen LogP contribution in [0.25, 0.3) is 0 Å². The van der Waals surface area contributed by atoms with Gasteiger partial charge in [0.15, 0.2) is 0 Å². The van der Waals surface area contributed by atoms with Gasteiger partial charge in [-0.25, -0.2) is 4.68 Å². The molecule has 0 saturated heterocycles. The van der Waals surface area contributed by atoms with E-state index in [1.165, 1.54) is 17.9 Å². The summed E-state index contributed by atoms with van der Waals surface area (Å²) < 4.78 is 6.35. The Balaban J connectivity index is 2.63. The van der Waals surface area contributed by atoms with Gasteiger partial charge in [-0.1, -0.05) is 0 Å². The van der Waals surface area contributed by atoms with Gasteiger partial charge in [0.2, 0.25) is 5.88 Å². The third kappa shape index (κ3) is 3.71. The zero-order valence-corrected chi connectivity index (χ0v) is 9.14. The first-order valence-electron chi connectivity index (χ1n) is 5.01. The van der Waals surface area contributed by atoms with Crippen LogP contribution in [0, 0.1) is 0 Å². The second kappa shape index (κ2) is 5.50. The number of rotatable bonds is 5. The molecule has 0 bridgehead atoms. The molecule has 1 unspecified atom stereocenters. The summed E-state index contributed by atoms with van der Waals surface area (Å²) in [6, 6.07) is 3.17. The van der Waals surface area contributed by atoms with Crippen LogP contribution in [0.4, 0.5) is 0 Å². The third-order valence-electron chi connectivity index (χ3n) is 2.08. The highest BCUT2D eigenvalue weighted by atomic mass is 16.5. The highest BCUT2D eigenvalue weighted by molar-refractivity contribution is 5.05. The molecule has 0 saturated carbocycles. The van der Waals surface area contributed by atoms with Crippen LogP contribution in [0.15, 0.2) is 16.9 Å². The fourth-order valence-electron chi connectivity index (χ4n) is 1.26. The van der Waals surface area contributed by atoms with E-state index in [0.717, 1.165) is 12.8 Å². The molecule has 84 valence electrons. The minimum atomic E-state index is -0.111. The van der Waals surface area contributed by atoms with Crippen LogP contribution in [0.5, 0.6) is 5.88 Å². The number of aromatic nitrogens is 2. The minimum absolute atomic E-state index is 0.111. The van der Waals surface area contributed by atoms with Crippen molar-refractivity contribution in [1.29, 1.82) is 0 Å². The fourth-order valence-corrected chi connectivity index (χ4v) is 1.26. The first-order valence-corrected chi connectivity index (χ1v) is 5.01. The maximum absolute atomic E-state index is 11.4. The van der Waals surface area contributed by atoms with Gasteiger partial charge in [0.1, 0.15) is 0 Å². The Labute approximate surface area is 88.9 Å². The minimum Gasteiger partial charge on any atom is -0.480 e. The maximum atomic E-state index is 11.4. The highest BCUT2D eigenvalue weighted by Crippen LogP contribution is 2.01. The lowest BCUT2D eigenvalue weighted by Crippen LogP contribution is -2.23. The Hall–Kier alpha value is -1.36. The molecule has 0 aliphatic rings. The van der Waals surface area contributed by atoms with Crippen molar-refractivity contribution < 1.29 is 4.74 Å². The molecule has 2 N–H and O–H groups in total. The molecule has 0 radical (unpaired) electrons. The van der Waals surface area contributed by atoms with Gasteiger partial charge in [0.05, 0.1) is 7.11 Å². The third-order valence-corrected chi connectivity index (χ3v) is 2.08. The SMILES string of the molecule is COc1ccc(=O)n(CCCC(C)N)n1. The standard InChI is InChI=1S/C10H17N3O2/c1-8(11)4-3-7-13-10(14)6-5-9(12-13)15-2/h5-6,8H,3-4,7,11H2,1-2H3. The molecule has 0 aromatic carbocycles. The number of methoxy groups -OCH3 is 1. The van der Waals surface area contributed by atoms with E-state index < -0.39 is 0 Å². The van der Waals surface area contributed by atoms with Gasteiger partial charge in [-0.2, -0.15) is 0 Å².